The van der Waals surface area contributed by atoms with Crippen LogP contribution in [0.25, 0.3) is 0 Å². The van der Waals surface area contributed by atoms with Crippen molar-refractivity contribution < 1.29 is 9.90 Å². The standard InChI is InChI=1S/C13H18N2O2/c1-13(2,17)7-8-15-11-6-4-3-5-10(11)14-9-12(15)16/h3-6,14,17H,7-9H2,1-2H3. The molecule has 2 N–H and O–H groups in total. The average Bonchev–Trinajstić information content (AvgIpc) is 2.26. The summed E-state index contributed by atoms with van der Waals surface area (Å²) in [6, 6.07) is 7.73. The lowest BCUT2D eigenvalue weighted by molar-refractivity contribution is -0.117. The lowest BCUT2D eigenvalue weighted by Crippen LogP contribution is -2.42. The number of para-hydroxylation sites is 2. The fourth-order valence-electron chi connectivity index (χ4n) is 1.89. The van der Waals surface area contributed by atoms with Gasteiger partial charge in [-0.1, -0.05) is 12.1 Å². The molecule has 1 aromatic carbocycles. The van der Waals surface area contributed by atoms with Crippen LogP contribution in [0.5, 0.6) is 0 Å². The van der Waals surface area contributed by atoms with Gasteiger partial charge in [0.1, 0.15) is 0 Å². The zero-order chi connectivity index (χ0) is 12.5. The van der Waals surface area contributed by atoms with Crippen LogP contribution in [-0.4, -0.2) is 29.7 Å². The van der Waals surface area contributed by atoms with Crippen LogP contribution in [-0.2, 0) is 4.79 Å². The van der Waals surface area contributed by atoms with E-state index in [9.17, 15) is 9.90 Å². The minimum absolute atomic E-state index is 0.0490. The molecule has 1 aromatic rings. The highest BCUT2D eigenvalue weighted by Crippen LogP contribution is 2.29. The number of rotatable bonds is 3. The van der Waals surface area contributed by atoms with Gasteiger partial charge in [0.05, 0.1) is 23.5 Å². The summed E-state index contributed by atoms with van der Waals surface area (Å²) in [6.07, 6.45) is 0.563. The van der Waals surface area contributed by atoms with Crippen LogP contribution in [0.1, 0.15) is 20.3 Å². The molecule has 0 radical (unpaired) electrons. The molecule has 1 heterocycles. The summed E-state index contributed by atoms with van der Waals surface area (Å²) < 4.78 is 0. The summed E-state index contributed by atoms with van der Waals surface area (Å²) in [5.74, 6) is 0.0490. The van der Waals surface area contributed by atoms with E-state index in [1.54, 1.807) is 18.7 Å². The van der Waals surface area contributed by atoms with E-state index in [4.69, 9.17) is 0 Å². The highest BCUT2D eigenvalue weighted by molar-refractivity contribution is 6.02. The molecule has 0 bridgehead atoms. The molecule has 4 heteroatoms. The highest BCUT2D eigenvalue weighted by Gasteiger charge is 2.25. The van der Waals surface area contributed by atoms with Crippen molar-refractivity contribution in [1.82, 2.24) is 0 Å². The van der Waals surface area contributed by atoms with Crippen molar-refractivity contribution in [3.05, 3.63) is 24.3 Å². The lowest BCUT2D eigenvalue weighted by Gasteiger charge is -2.31. The molecule has 4 nitrogen and oxygen atoms in total. The lowest BCUT2D eigenvalue weighted by atomic mass is 10.0. The van der Waals surface area contributed by atoms with Gasteiger partial charge in [0.25, 0.3) is 0 Å². The third-order valence-electron chi connectivity index (χ3n) is 2.87. The van der Waals surface area contributed by atoms with Crippen molar-refractivity contribution in [1.29, 1.82) is 0 Å². The van der Waals surface area contributed by atoms with E-state index in [2.05, 4.69) is 5.32 Å². The van der Waals surface area contributed by atoms with Crippen molar-refractivity contribution >= 4 is 17.3 Å². The normalized spacial score (nSPS) is 15.5. The Hall–Kier alpha value is -1.55. The maximum atomic E-state index is 11.9. The van der Waals surface area contributed by atoms with E-state index in [1.807, 2.05) is 24.3 Å². The SMILES string of the molecule is CC(C)(O)CCN1C(=O)CNc2ccccc21. The molecule has 1 aliphatic heterocycles. The van der Waals surface area contributed by atoms with Crippen LogP contribution in [0.3, 0.4) is 0 Å². The van der Waals surface area contributed by atoms with Gasteiger partial charge in [0.15, 0.2) is 0 Å². The third-order valence-corrected chi connectivity index (χ3v) is 2.87. The van der Waals surface area contributed by atoms with Gasteiger partial charge in [0.2, 0.25) is 5.91 Å². The first-order valence-electron chi connectivity index (χ1n) is 5.83. The molecule has 92 valence electrons. The molecule has 0 saturated carbocycles. The Labute approximate surface area is 101 Å². The quantitative estimate of drug-likeness (QED) is 0.835. The number of hydrogen-bond donors (Lipinski definition) is 2. The number of amides is 1. The van der Waals surface area contributed by atoms with Crippen LogP contribution >= 0.6 is 0 Å². The fourth-order valence-corrected chi connectivity index (χ4v) is 1.89. The van der Waals surface area contributed by atoms with Gasteiger partial charge in [-0.2, -0.15) is 0 Å². The molecular weight excluding hydrogens is 216 g/mol. The molecule has 0 atom stereocenters. The third kappa shape index (κ3) is 2.77. The zero-order valence-electron chi connectivity index (χ0n) is 10.2. The molecule has 17 heavy (non-hydrogen) atoms. The Bertz CT molecular complexity index is 424. The molecule has 0 saturated heterocycles. The van der Waals surface area contributed by atoms with Gasteiger partial charge in [-0.3, -0.25) is 4.79 Å². The molecule has 0 fully saturated rings. The highest BCUT2D eigenvalue weighted by atomic mass is 16.3. The van der Waals surface area contributed by atoms with Crippen LogP contribution in [0.4, 0.5) is 11.4 Å². The van der Waals surface area contributed by atoms with Crippen LogP contribution < -0.4 is 10.2 Å². The Morgan fingerprint density at radius 3 is 2.82 bits per heavy atom. The smallest absolute Gasteiger partial charge is 0.246 e. The van der Waals surface area contributed by atoms with Crippen molar-refractivity contribution in [2.24, 2.45) is 0 Å². The topological polar surface area (TPSA) is 52.6 Å². The monoisotopic (exact) mass is 234 g/mol. The average molecular weight is 234 g/mol. The second-order valence-corrected chi connectivity index (χ2v) is 4.98. The Morgan fingerprint density at radius 2 is 2.12 bits per heavy atom. The molecule has 1 amide bonds. The number of carbonyl (C=O) groups excluding carboxylic acids is 1. The maximum absolute atomic E-state index is 11.9. The number of benzene rings is 1. The molecular formula is C13H18N2O2. The van der Waals surface area contributed by atoms with Gasteiger partial charge in [-0.15, -0.1) is 0 Å². The zero-order valence-corrected chi connectivity index (χ0v) is 10.2. The summed E-state index contributed by atoms with van der Waals surface area (Å²) in [7, 11) is 0. The Balaban J connectivity index is 2.18. The molecule has 0 unspecified atom stereocenters. The summed E-state index contributed by atoms with van der Waals surface area (Å²) in [5.41, 5.74) is 1.12. The van der Waals surface area contributed by atoms with E-state index < -0.39 is 5.60 Å². The number of nitrogens with zero attached hydrogens (tertiary/aromatic N) is 1. The van der Waals surface area contributed by atoms with Gasteiger partial charge in [0, 0.05) is 6.54 Å². The Kier molecular flexibility index (Phi) is 3.07. The molecule has 0 aliphatic carbocycles. The van der Waals surface area contributed by atoms with Crippen molar-refractivity contribution in [3.63, 3.8) is 0 Å². The summed E-state index contributed by atoms with van der Waals surface area (Å²) in [6.45, 7) is 4.38. The van der Waals surface area contributed by atoms with Gasteiger partial charge < -0.3 is 15.3 Å². The summed E-state index contributed by atoms with van der Waals surface area (Å²) in [5, 5.41) is 12.8. The van der Waals surface area contributed by atoms with Crippen molar-refractivity contribution in [3.8, 4) is 0 Å². The number of hydrogen-bond acceptors (Lipinski definition) is 3. The van der Waals surface area contributed by atoms with E-state index in [-0.39, 0.29) is 5.91 Å². The number of fused-ring (bicyclic) bond motifs is 1. The second kappa shape index (κ2) is 4.37. The van der Waals surface area contributed by atoms with Crippen LogP contribution in [0.2, 0.25) is 0 Å². The largest absolute Gasteiger partial charge is 0.390 e. The first-order valence-corrected chi connectivity index (χ1v) is 5.83. The van der Waals surface area contributed by atoms with E-state index in [1.165, 1.54) is 0 Å². The van der Waals surface area contributed by atoms with Crippen LogP contribution in [0.15, 0.2) is 24.3 Å². The van der Waals surface area contributed by atoms with Crippen molar-refractivity contribution in [2.45, 2.75) is 25.9 Å². The number of nitrogens with one attached hydrogen (secondary N) is 1. The van der Waals surface area contributed by atoms with E-state index in [0.717, 1.165) is 11.4 Å². The molecule has 1 aliphatic rings. The Morgan fingerprint density at radius 1 is 1.41 bits per heavy atom. The fraction of sp³-hybridized carbons (Fsp3) is 0.462. The predicted octanol–water partition coefficient (Wildman–Crippen LogP) is 1.61. The second-order valence-electron chi connectivity index (χ2n) is 4.98. The maximum Gasteiger partial charge on any atom is 0.246 e. The van der Waals surface area contributed by atoms with Gasteiger partial charge in [-0.25, -0.2) is 0 Å². The molecule has 2 rings (SSSR count). The van der Waals surface area contributed by atoms with Crippen molar-refractivity contribution in [2.75, 3.05) is 23.3 Å². The summed E-state index contributed by atoms with van der Waals surface area (Å²) >= 11 is 0. The van der Waals surface area contributed by atoms with Gasteiger partial charge >= 0.3 is 0 Å². The first-order chi connectivity index (χ1) is 7.97. The molecule has 0 spiro atoms. The minimum atomic E-state index is -0.750. The summed E-state index contributed by atoms with van der Waals surface area (Å²) in [4.78, 5) is 13.6. The first kappa shape index (κ1) is 11.9. The molecule has 0 aromatic heterocycles. The van der Waals surface area contributed by atoms with E-state index >= 15 is 0 Å². The number of aliphatic hydroxyl groups is 1. The minimum Gasteiger partial charge on any atom is -0.390 e. The number of anilines is 2. The van der Waals surface area contributed by atoms with Gasteiger partial charge in [-0.05, 0) is 32.4 Å². The van der Waals surface area contributed by atoms with E-state index in [0.29, 0.717) is 19.5 Å². The van der Waals surface area contributed by atoms with Crippen LogP contribution in [0, 0.1) is 0 Å². The predicted molar refractivity (Wildman–Crippen MR) is 68.2 cm³/mol. The number of carbonyl (C=O) groups is 1.